The van der Waals surface area contributed by atoms with E-state index in [0.29, 0.717) is 52.2 Å². The van der Waals surface area contributed by atoms with Crippen LogP contribution in [0, 0.1) is 0 Å². The number of amides is 1. The maximum Gasteiger partial charge on any atom is 0.301 e. The molecule has 8 nitrogen and oxygen atoms in total. The van der Waals surface area contributed by atoms with Crippen molar-refractivity contribution in [2.24, 2.45) is 0 Å². The number of carbonyl (C=O) groups is 2. The molecule has 4 aromatic rings. The fourth-order valence-corrected chi connectivity index (χ4v) is 5.44. The second kappa shape index (κ2) is 10.5. The number of fused-ring (bicyclic) bond motifs is 1. The zero-order valence-electron chi connectivity index (χ0n) is 21.1. The minimum Gasteiger partial charge on any atom is -0.507 e. The monoisotopic (exact) mass is 530 g/mol. The fraction of sp³-hybridized carbons (Fsp3) is 0.207. The minimum atomic E-state index is -0.889. The molecular weight excluding hydrogens is 504 g/mol. The van der Waals surface area contributed by atoms with Gasteiger partial charge >= 0.3 is 5.91 Å². The third-order valence-corrected chi connectivity index (χ3v) is 7.20. The van der Waals surface area contributed by atoms with Gasteiger partial charge in [0.05, 0.1) is 42.2 Å². The van der Waals surface area contributed by atoms with Crippen LogP contribution in [-0.2, 0) is 9.59 Å². The van der Waals surface area contributed by atoms with E-state index in [-0.39, 0.29) is 11.3 Å². The lowest BCUT2D eigenvalue weighted by atomic mass is 9.95. The number of hydrogen-bond donors (Lipinski definition) is 1. The summed E-state index contributed by atoms with van der Waals surface area (Å²) in [5, 5.41) is 11.7. The summed E-state index contributed by atoms with van der Waals surface area (Å²) >= 11 is 1.28. The van der Waals surface area contributed by atoms with Crippen molar-refractivity contribution in [2.45, 2.75) is 19.9 Å². The Balaban J connectivity index is 1.66. The number of hydrogen-bond acceptors (Lipinski definition) is 8. The van der Waals surface area contributed by atoms with Gasteiger partial charge in [0.2, 0.25) is 0 Å². The number of anilines is 1. The van der Waals surface area contributed by atoms with E-state index < -0.39 is 17.7 Å². The van der Waals surface area contributed by atoms with Gasteiger partial charge in [0.1, 0.15) is 23.0 Å². The number of methoxy groups -OCH3 is 1. The second-order valence-electron chi connectivity index (χ2n) is 8.46. The lowest BCUT2D eigenvalue weighted by molar-refractivity contribution is -0.132. The molecule has 38 heavy (non-hydrogen) atoms. The Labute approximate surface area is 223 Å². The normalized spacial score (nSPS) is 16.7. The number of aliphatic hydroxyl groups excluding tert-OH is 1. The van der Waals surface area contributed by atoms with Gasteiger partial charge in [-0.1, -0.05) is 23.5 Å². The van der Waals surface area contributed by atoms with Crippen molar-refractivity contribution in [1.29, 1.82) is 0 Å². The molecule has 1 amide bonds. The molecule has 0 bridgehead atoms. The Morgan fingerprint density at radius 2 is 1.55 bits per heavy atom. The number of ether oxygens (including phenoxy) is 3. The van der Waals surface area contributed by atoms with Crippen LogP contribution in [0.4, 0.5) is 5.13 Å². The van der Waals surface area contributed by atoms with Crippen molar-refractivity contribution in [3.8, 4) is 17.2 Å². The Bertz CT molecular complexity index is 1530. The molecule has 1 aliphatic heterocycles. The van der Waals surface area contributed by atoms with Crippen LogP contribution in [0.2, 0.25) is 0 Å². The molecule has 5 rings (SSSR count). The highest BCUT2D eigenvalue weighted by atomic mass is 32.1. The van der Waals surface area contributed by atoms with Gasteiger partial charge in [-0.2, -0.15) is 0 Å². The molecule has 9 heteroatoms. The topological polar surface area (TPSA) is 98.2 Å². The number of aromatic nitrogens is 1. The third kappa shape index (κ3) is 4.56. The van der Waals surface area contributed by atoms with Crippen molar-refractivity contribution < 1.29 is 28.9 Å². The van der Waals surface area contributed by atoms with E-state index >= 15 is 0 Å². The number of Topliss-reactive ketones (excluding diaryl/α,β-unsaturated/α-hetero) is 1. The van der Waals surface area contributed by atoms with Gasteiger partial charge in [-0.15, -0.1) is 0 Å². The zero-order chi connectivity index (χ0) is 26.8. The average molecular weight is 531 g/mol. The molecule has 0 spiro atoms. The van der Waals surface area contributed by atoms with E-state index in [9.17, 15) is 14.7 Å². The SMILES string of the molecule is CCOc1ccc([C@H]2/C(=C(\O)c3ccc(OC)cc3)C(=O)C(=O)N2c2nc3ccc(OCC)cc3s2)cc1. The third-order valence-electron chi connectivity index (χ3n) is 6.18. The van der Waals surface area contributed by atoms with Gasteiger partial charge in [-0.25, -0.2) is 4.98 Å². The predicted octanol–water partition coefficient (Wildman–Crippen LogP) is 5.73. The summed E-state index contributed by atoms with van der Waals surface area (Å²) in [4.78, 5) is 32.9. The van der Waals surface area contributed by atoms with E-state index in [1.165, 1.54) is 16.2 Å². The second-order valence-corrected chi connectivity index (χ2v) is 9.47. The molecule has 194 valence electrons. The summed E-state index contributed by atoms with van der Waals surface area (Å²) in [6.45, 7) is 4.82. The van der Waals surface area contributed by atoms with Crippen LogP contribution < -0.4 is 19.1 Å². The van der Waals surface area contributed by atoms with Gasteiger partial charge < -0.3 is 19.3 Å². The van der Waals surface area contributed by atoms with Gasteiger partial charge in [0, 0.05) is 5.56 Å². The van der Waals surface area contributed by atoms with Gasteiger partial charge in [-0.05, 0) is 74.0 Å². The predicted molar refractivity (Wildman–Crippen MR) is 146 cm³/mol. The highest BCUT2D eigenvalue weighted by Crippen LogP contribution is 2.45. The molecule has 0 aliphatic carbocycles. The number of aliphatic hydroxyl groups is 1. The Morgan fingerprint density at radius 1 is 0.921 bits per heavy atom. The molecule has 0 radical (unpaired) electrons. The smallest absolute Gasteiger partial charge is 0.301 e. The molecule has 1 saturated heterocycles. The van der Waals surface area contributed by atoms with E-state index in [4.69, 9.17) is 14.2 Å². The van der Waals surface area contributed by atoms with E-state index in [1.807, 2.05) is 32.0 Å². The van der Waals surface area contributed by atoms with E-state index in [1.54, 1.807) is 55.6 Å². The molecule has 0 unspecified atom stereocenters. The Morgan fingerprint density at radius 3 is 2.21 bits per heavy atom. The van der Waals surface area contributed by atoms with Crippen molar-refractivity contribution in [3.05, 3.63) is 83.4 Å². The summed E-state index contributed by atoms with van der Waals surface area (Å²) < 4.78 is 17.2. The van der Waals surface area contributed by atoms with Crippen LogP contribution in [0.3, 0.4) is 0 Å². The van der Waals surface area contributed by atoms with Crippen LogP contribution in [0.5, 0.6) is 17.2 Å². The number of thiazole rings is 1. The Hall–Kier alpha value is -4.37. The van der Waals surface area contributed by atoms with Gasteiger partial charge in [0.15, 0.2) is 5.13 Å². The lowest BCUT2D eigenvalue weighted by Gasteiger charge is -2.23. The molecule has 1 aliphatic rings. The molecule has 1 N–H and O–H groups in total. The molecule has 1 aromatic heterocycles. The van der Waals surface area contributed by atoms with Crippen LogP contribution in [0.1, 0.15) is 31.0 Å². The number of nitrogens with zero attached hydrogens (tertiary/aromatic N) is 2. The van der Waals surface area contributed by atoms with Crippen LogP contribution in [0.25, 0.3) is 16.0 Å². The van der Waals surface area contributed by atoms with Crippen LogP contribution >= 0.6 is 11.3 Å². The number of rotatable bonds is 8. The molecule has 1 atom stereocenters. The zero-order valence-corrected chi connectivity index (χ0v) is 22.0. The maximum absolute atomic E-state index is 13.5. The average Bonchev–Trinajstić information content (AvgIpc) is 3.47. The van der Waals surface area contributed by atoms with Crippen LogP contribution in [-0.4, -0.2) is 42.1 Å². The minimum absolute atomic E-state index is 0.0152. The molecular formula is C29H26N2O6S. The molecule has 3 aromatic carbocycles. The summed E-state index contributed by atoms with van der Waals surface area (Å²) in [7, 11) is 1.54. The quantitative estimate of drug-likeness (QED) is 0.177. The molecule has 1 fully saturated rings. The first-order valence-electron chi connectivity index (χ1n) is 12.2. The summed E-state index contributed by atoms with van der Waals surface area (Å²) in [6, 6.07) is 18.4. The standard InChI is InChI=1S/C29H26N2O6S/c1-4-36-20-12-6-17(7-13-20)25-24(26(32)18-8-10-19(35-3)11-9-18)27(33)28(34)31(25)29-30-22-15-14-21(37-5-2)16-23(22)38-29/h6-16,25,32H,4-5H2,1-3H3/b26-24+/t25-/m0/s1. The first-order valence-corrected chi connectivity index (χ1v) is 13.0. The maximum atomic E-state index is 13.5. The summed E-state index contributed by atoms with van der Waals surface area (Å²) in [5.74, 6) is 0.138. The Kier molecular flexibility index (Phi) is 7.02. The van der Waals surface area contributed by atoms with Gasteiger partial charge in [-0.3, -0.25) is 14.5 Å². The lowest BCUT2D eigenvalue weighted by Crippen LogP contribution is -2.29. The first kappa shape index (κ1) is 25.3. The largest absolute Gasteiger partial charge is 0.507 e. The number of carbonyl (C=O) groups excluding carboxylic acids is 2. The van der Waals surface area contributed by atoms with Crippen molar-refractivity contribution in [1.82, 2.24) is 4.98 Å². The van der Waals surface area contributed by atoms with E-state index in [0.717, 1.165) is 4.70 Å². The number of ketones is 1. The van der Waals surface area contributed by atoms with E-state index in [2.05, 4.69) is 4.98 Å². The number of benzene rings is 3. The summed E-state index contributed by atoms with van der Waals surface area (Å²) in [6.07, 6.45) is 0. The first-order chi connectivity index (χ1) is 18.4. The van der Waals surface area contributed by atoms with Gasteiger partial charge in [0.25, 0.3) is 5.78 Å². The highest BCUT2D eigenvalue weighted by molar-refractivity contribution is 7.22. The van der Waals surface area contributed by atoms with Crippen molar-refractivity contribution >= 4 is 44.1 Å². The van der Waals surface area contributed by atoms with Crippen molar-refractivity contribution in [3.63, 3.8) is 0 Å². The van der Waals surface area contributed by atoms with Crippen molar-refractivity contribution in [2.75, 3.05) is 25.2 Å². The molecule has 2 heterocycles. The fourth-order valence-electron chi connectivity index (χ4n) is 4.41. The molecule has 0 saturated carbocycles. The summed E-state index contributed by atoms with van der Waals surface area (Å²) in [5.41, 5.74) is 1.69. The van der Waals surface area contributed by atoms with Crippen LogP contribution in [0.15, 0.2) is 72.3 Å². The highest BCUT2D eigenvalue weighted by Gasteiger charge is 2.48.